The number of pyridine rings is 1. The van der Waals surface area contributed by atoms with Gasteiger partial charge >= 0.3 is 0 Å². The van der Waals surface area contributed by atoms with Crippen LogP contribution in [0.15, 0.2) is 30.3 Å². The summed E-state index contributed by atoms with van der Waals surface area (Å²) in [5.74, 6) is 0.226. The molecule has 2 heterocycles. The van der Waals surface area contributed by atoms with Crippen LogP contribution in [-0.4, -0.2) is 15.1 Å². The Morgan fingerprint density at radius 3 is 2.67 bits per heavy atom. The Morgan fingerprint density at radius 2 is 1.89 bits per heavy atom. The van der Waals surface area contributed by atoms with Gasteiger partial charge in [0.1, 0.15) is 5.75 Å². The quantitative estimate of drug-likeness (QED) is 0.722. The van der Waals surface area contributed by atoms with Crippen LogP contribution in [0.25, 0.3) is 21.5 Å². The van der Waals surface area contributed by atoms with Crippen molar-refractivity contribution in [2.75, 3.05) is 0 Å². The molecule has 1 N–H and O–H groups in total. The summed E-state index contributed by atoms with van der Waals surface area (Å²) in [7, 11) is 0. The molecule has 0 aliphatic rings. The zero-order valence-corrected chi connectivity index (χ0v) is 11.0. The van der Waals surface area contributed by atoms with Crippen molar-refractivity contribution in [2.24, 2.45) is 0 Å². The van der Waals surface area contributed by atoms with Crippen LogP contribution in [0.3, 0.4) is 0 Å². The summed E-state index contributed by atoms with van der Waals surface area (Å²) in [5, 5.41) is 10.6. The van der Waals surface area contributed by atoms with Crippen molar-refractivity contribution < 1.29 is 5.11 Å². The van der Waals surface area contributed by atoms with Gasteiger partial charge in [-0.25, -0.2) is 9.97 Å². The lowest BCUT2D eigenvalue weighted by atomic mass is 10.1. The SMILES string of the molecule is Cc1nc2cc(-c3ccc(O)c(C)n3)ccc2s1. The van der Waals surface area contributed by atoms with Crippen molar-refractivity contribution in [3.05, 3.63) is 41.0 Å². The largest absolute Gasteiger partial charge is 0.506 e. The zero-order chi connectivity index (χ0) is 12.7. The van der Waals surface area contributed by atoms with E-state index in [1.54, 1.807) is 24.3 Å². The van der Waals surface area contributed by atoms with Gasteiger partial charge in [0.15, 0.2) is 0 Å². The van der Waals surface area contributed by atoms with E-state index in [0.717, 1.165) is 21.8 Å². The standard InChI is InChI=1S/C14H12N2OS/c1-8-13(17)5-4-11(15-8)10-3-6-14-12(7-10)16-9(2)18-14/h3-7,17H,1-2H3. The van der Waals surface area contributed by atoms with E-state index < -0.39 is 0 Å². The summed E-state index contributed by atoms with van der Waals surface area (Å²) in [6, 6.07) is 9.65. The number of hydrogen-bond donors (Lipinski definition) is 1. The van der Waals surface area contributed by atoms with Crippen molar-refractivity contribution in [2.45, 2.75) is 13.8 Å². The first-order valence-corrected chi connectivity index (χ1v) is 6.49. The summed E-state index contributed by atoms with van der Waals surface area (Å²) in [6.45, 7) is 3.80. The molecule has 4 heteroatoms. The van der Waals surface area contributed by atoms with Gasteiger partial charge in [-0.15, -0.1) is 11.3 Å². The Kier molecular flexibility index (Phi) is 2.52. The predicted octanol–water partition coefficient (Wildman–Crippen LogP) is 3.68. The van der Waals surface area contributed by atoms with E-state index in [0.29, 0.717) is 5.69 Å². The van der Waals surface area contributed by atoms with Crippen molar-refractivity contribution in [3.63, 3.8) is 0 Å². The van der Waals surface area contributed by atoms with Crippen molar-refractivity contribution in [3.8, 4) is 17.0 Å². The molecule has 0 fully saturated rings. The van der Waals surface area contributed by atoms with E-state index in [9.17, 15) is 5.11 Å². The van der Waals surface area contributed by atoms with Gasteiger partial charge in [0, 0.05) is 5.56 Å². The minimum atomic E-state index is 0.226. The maximum Gasteiger partial charge on any atom is 0.136 e. The summed E-state index contributed by atoms with van der Waals surface area (Å²) in [5.41, 5.74) is 3.53. The lowest BCUT2D eigenvalue weighted by molar-refractivity contribution is 0.468. The molecule has 1 aromatic carbocycles. The predicted molar refractivity (Wildman–Crippen MR) is 74.0 cm³/mol. The van der Waals surface area contributed by atoms with Gasteiger partial charge in [0.2, 0.25) is 0 Å². The second-order valence-electron chi connectivity index (χ2n) is 4.22. The molecule has 3 aromatic rings. The van der Waals surface area contributed by atoms with E-state index in [4.69, 9.17) is 0 Å². The summed E-state index contributed by atoms with van der Waals surface area (Å²) in [6.07, 6.45) is 0. The summed E-state index contributed by atoms with van der Waals surface area (Å²) in [4.78, 5) is 8.86. The number of hydrogen-bond acceptors (Lipinski definition) is 4. The average Bonchev–Trinajstić information content (AvgIpc) is 2.71. The Morgan fingerprint density at radius 1 is 1.06 bits per heavy atom. The van der Waals surface area contributed by atoms with Crippen LogP contribution < -0.4 is 0 Å². The Balaban J connectivity index is 2.15. The van der Waals surface area contributed by atoms with Crippen LogP contribution in [0.2, 0.25) is 0 Å². The third kappa shape index (κ3) is 1.84. The van der Waals surface area contributed by atoms with Crippen LogP contribution in [0.5, 0.6) is 5.75 Å². The second-order valence-corrected chi connectivity index (χ2v) is 5.45. The third-order valence-corrected chi connectivity index (χ3v) is 3.80. The van der Waals surface area contributed by atoms with Gasteiger partial charge in [-0.2, -0.15) is 0 Å². The molecule has 0 unspecified atom stereocenters. The number of benzene rings is 1. The highest BCUT2D eigenvalue weighted by molar-refractivity contribution is 7.18. The second kappa shape index (κ2) is 4.07. The van der Waals surface area contributed by atoms with Crippen LogP contribution in [0, 0.1) is 13.8 Å². The molecule has 90 valence electrons. The van der Waals surface area contributed by atoms with Gasteiger partial charge in [-0.3, -0.25) is 0 Å². The van der Waals surface area contributed by atoms with Crippen molar-refractivity contribution in [1.82, 2.24) is 9.97 Å². The highest BCUT2D eigenvalue weighted by Crippen LogP contribution is 2.28. The fourth-order valence-electron chi connectivity index (χ4n) is 1.92. The first-order valence-electron chi connectivity index (χ1n) is 5.67. The fraction of sp³-hybridized carbons (Fsp3) is 0.143. The first kappa shape index (κ1) is 11.2. The van der Waals surface area contributed by atoms with E-state index >= 15 is 0 Å². The van der Waals surface area contributed by atoms with Gasteiger partial charge < -0.3 is 5.11 Å². The molecule has 0 aliphatic carbocycles. The fourth-order valence-corrected chi connectivity index (χ4v) is 2.72. The Bertz CT molecular complexity index is 734. The monoisotopic (exact) mass is 256 g/mol. The first-order chi connectivity index (χ1) is 8.63. The number of rotatable bonds is 1. The molecule has 0 saturated heterocycles. The van der Waals surface area contributed by atoms with E-state index in [1.165, 1.54) is 4.70 Å². The number of aromatic hydroxyl groups is 1. The Labute approximate surface area is 109 Å². The molecule has 0 spiro atoms. The molecule has 3 rings (SSSR count). The molecule has 3 nitrogen and oxygen atoms in total. The third-order valence-electron chi connectivity index (χ3n) is 2.85. The van der Waals surface area contributed by atoms with E-state index in [2.05, 4.69) is 16.0 Å². The number of aromatic nitrogens is 2. The molecule has 0 radical (unpaired) electrons. The molecule has 2 aromatic heterocycles. The van der Waals surface area contributed by atoms with Crippen LogP contribution in [-0.2, 0) is 0 Å². The van der Waals surface area contributed by atoms with E-state index in [1.807, 2.05) is 25.1 Å². The number of nitrogens with zero attached hydrogens (tertiary/aromatic N) is 2. The van der Waals surface area contributed by atoms with Crippen molar-refractivity contribution in [1.29, 1.82) is 0 Å². The van der Waals surface area contributed by atoms with Crippen LogP contribution >= 0.6 is 11.3 Å². The Hall–Kier alpha value is -1.94. The van der Waals surface area contributed by atoms with Gasteiger partial charge in [-0.1, -0.05) is 6.07 Å². The van der Waals surface area contributed by atoms with Gasteiger partial charge in [-0.05, 0) is 38.1 Å². The minimum Gasteiger partial charge on any atom is -0.506 e. The summed E-state index contributed by atoms with van der Waals surface area (Å²) < 4.78 is 1.19. The number of thiazole rings is 1. The lowest BCUT2D eigenvalue weighted by Gasteiger charge is -2.03. The molecule has 0 bridgehead atoms. The van der Waals surface area contributed by atoms with E-state index in [-0.39, 0.29) is 5.75 Å². The molecule has 0 saturated carbocycles. The number of aryl methyl sites for hydroxylation is 2. The topological polar surface area (TPSA) is 46.0 Å². The summed E-state index contributed by atoms with van der Waals surface area (Å²) >= 11 is 1.69. The number of fused-ring (bicyclic) bond motifs is 1. The maximum absolute atomic E-state index is 9.49. The molecular weight excluding hydrogens is 244 g/mol. The highest BCUT2D eigenvalue weighted by atomic mass is 32.1. The smallest absolute Gasteiger partial charge is 0.136 e. The maximum atomic E-state index is 9.49. The molecule has 0 amide bonds. The van der Waals surface area contributed by atoms with Crippen LogP contribution in [0.4, 0.5) is 0 Å². The average molecular weight is 256 g/mol. The molecule has 18 heavy (non-hydrogen) atoms. The van der Waals surface area contributed by atoms with Gasteiger partial charge in [0.05, 0.1) is 26.6 Å². The highest BCUT2D eigenvalue weighted by Gasteiger charge is 2.06. The molecule has 0 aliphatic heterocycles. The lowest BCUT2D eigenvalue weighted by Crippen LogP contribution is -1.87. The zero-order valence-electron chi connectivity index (χ0n) is 10.1. The van der Waals surface area contributed by atoms with Crippen molar-refractivity contribution >= 4 is 21.6 Å². The normalized spacial score (nSPS) is 11.0. The molecular formula is C14H12N2OS. The van der Waals surface area contributed by atoms with Gasteiger partial charge in [0.25, 0.3) is 0 Å². The van der Waals surface area contributed by atoms with Crippen LogP contribution in [0.1, 0.15) is 10.7 Å². The minimum absolute atomic E-state index is 0.226. The molecule has 0 atom stereocenters.